The summed E-state index contributed by atoms with van der Waals surface area (Å²) >= 11 is 0. The zero-order valence-corrected chi connectivity index (χ0v) is 11.6. The quantitative estimate of drug-likeness (QED) is 0.767. The minimum Gasteiger partial charge on any atom is -0.309 e. The molecule has 0 radical (unpaired) electrons. The van der Waals surface area contributed by atoms with Crippen molar-refractivity contribution in [3.8, 4) is 0 Å². The number of nitrogens with one attached hydrogen (secondary N) is 1. The smallest absolute Gasteiger partial charge is 0.0964 e. The van der Waals surface area contributed by atoms with Gasteiger partial charge >= 0.3 is 0 Å². The van der Waals surface area contributed by atoms with Crippen LogP contribution in [0.5, 0.6) is 0 Å². The third-order valence-electron chi connectivity index (χ3n) is 2.81. The van der Waals surface area contributed by atoms with Gasteiger partial charge in [-0.1, -0.05) is 19.1 Å². The number of aromatic nitrogens is 3. The maximum Gasteiger partial charge on any atom is 0.0964 e. The van der Waals surface area contributed by atoms with Gasteiger partial charge in [0.25, 0.3) is 0 Å². The van der Waals surface area contributed by atoms with Gasteiger partial charge in [0.15, 0.2) is 0 Å². The molecule has 17 heavy (non-hydrogen) atoms. The van der Waals surface area contributed by atoms with Crippen LogP contribution in [0.1, 0.15) is 26.0 Å². The van der Waals surface area contributed by atoms with Crippen LogP contribution in [0.4, 0.5) is 0 Å². The van der Waals surface area contributed by atoms with Gasteiger partial charge in [-0.2, -0.15) is 0 Å². The average molecular weight is 239 g/mol. The van der Waals surface area contributed by atoms with E-state index < -0.39 is 0 Å². The van der Waals surface area contributed by atoms with E-state index in [1.165, 1.54) is 6.42 Å². The van der Waals surface area contributed by atoms with Crippen molar-refractivity contribution >= 4 is 0 Å². The van der Waals surface area contributed by atoms with Crippen molar-refractivity contribution in [1.29, 1.82) is 0 Å². The number of likely N-dealkylation sites (N-methyl/N-ethyl adjacent to an activating group) is 1. The number of hydrogen-bond acceptors (Lipinski definition) is 4. The molecule has 0 fully saturated rings. The van der Waals surface area contributed by atoms with Gasteiger partial charge in [-0.3, -0.25) is 4.68 Å². The summed E-state index contributed by atoms with van der Waals surface area (Å²) in [4.78, 5) is 2.28. The zero-order chi connectivity index (χ0) is 12.8. The summed E-state index contributed by atoms with van der Waals surface area (Å²) in [7, 11) is 6.16. The highest BCUT2D eigenvalue weighted by molar-refractivity contribution is 4.91. The summed E-state index contributed by atoms with van der Waals surface area (Å²) in [5.74, 6) is 0.723. The van der Waals surface area contributed by atoms with Crippen LogP contribution in [0.25, 0.3) is 0 Å². The standard InChI is InChI=1S/C12H25N5/c1-10(2)6-12(16(3)4)8-13-7-11-9-17(5)15-14-11/h9-10,12-13H,6-8H2,1-5H3. The molecule has 0 amide bonds. The Morgan fingerprint density at radius 3 is 2.59 bits per heavy atom. The van der Waals surface area contributed by atoms with Gasteiger partial charge in [0.1, 0.15) is 0 Å². The second-order valence-electron chi connectivity index (χ2n) is 5.26. The van der Waals surface area contributed by atoms with Crippen molar-refractivity contribution in [3.63, 3.8) is 0 Å². The topological polar surface area (TPSA) is 46.0 Å². The second-order valence-corrected chi connectivity index (χ2v) is 5.26. The fourth-order valence-corrected chi connectivity index (χ4v) is 1.86. The van der Waals surface area contributed by atoms with Crippen molar-refractivity contribution < 1.29 is 0 Å². The van der Waals surface area contributed by atoms with Gasteiger partial charge in [-0.15, -0.1) is 5.10 Å². The summed E-state index contributed by atoms with van der Waals surface area (Å²) in [5, 5.41) is 11.4. The minimum atomic E-state index is 0.576. The lowest BCUT2D eigenvalue weighted by Gasteiger charge is -2.26. The lowest BCUT2D eigenvalue weighted by atomic mass is 10.0. The molecule has 1 aromatic rings. The molecule has 98 valence electrons. The molecule has 0 bridgehead atoms. The van der Waals surface area contributed by atoms with Crippen molar-refractivity contribution in [2.45, 2.75) is 32.9 Å². The maximum atomic E-state index is 4.06. The van der Waals surface area contributed by atoms with E-state index in [-0.39, 0.29) is 0 Å². The van der Waals surface area contributed by atoms with Crippen LogP contribution in [0.15, 0.2) is 6.20 Å². The van der Waals surface area contributed by atoms with Crippen molar-refractivity contribution in [2.24, 2.45) is 13.0 Å². The first-order valence-corrected chi connectivity index (χ1v) is 6.21. The van der Waals surface area contributed by atoms with E-state index in [2.05, 4.69) is 48.5 Å². The van der Waals surface area contributed by atoms with Crippen LogP contribution in [-0.4, -0.2) is 46.6 Å². The third kappa shape index (κ3) is 5.28. The minimum absolute atomic E-state index is 0.576. The fourth-order valence-electron chi connectivity index (χ4n) is 1.86. The molecule has 0 saturated carbocycles. The van der Waals surface area contributed by atoms with Crippen LogP contribution in [-0.2, 0) is 13.6 Å². The van der Waals surface area contributed by atoms with E-state index in [0.717, 1.165) is 24.7 Å². The molecule has 1 aromatic heterocycles. The molecule has 0 aliphatic heterocycles. The third-order valence-corrected chi connectivity index (χ3v) is 2.81. The van der Waals surface area contributed by atoms with Gasteiger partial charge < -0.3 is 10.2 Å². The largest absolute Gasteiger partial charge is 0.309 e. The highest BCUT2D eigenvalue weighted by Crippen LogP contribution is 2.08. The molecule has 1 N–H and O–H groups in total. The van der Waals surface area contributed by atoms with Crippen LogP contribution in [0.3, 0.4) is 0 Å². The molecule has 0 spiro atoms. The lowest BCUT2D eigenvalue weighted by molar-refractivity contribution is 0.246. The number of nitrogens with zero attached hydrogens (tertiary/aromatic N) is 4. The van der Waals surface area contributed by atoms with Gasteiger partial charge in [0.05, 0.1) is 5.69 Å². The highest BCUT2D eigenvalue weighted by atomic mass is 15.4. The maximum absolute atomic E-state index is 4.06. The summed E-state index contributed by atoms with van der Waals surface area (Å²) in [6.07, 6.45) is 3.15. The fraction of sp³-hybridized carbons (Fsp3) is 0.833. The van der Waals surface area contributed by atoms with E-state index in [4.69, 9.17) is 0 Å². The molecule has 1 heterocycles. The van der Waals surface area contributed by atoms with Gasteiger partial charge in [0.2, 0.25) is 0 Å². The Kier molecular flexibility index (Phi) is 5.58. The Balaban J connectivity index is 2.31. The normalized spacial score (nSPS) is 13.6. The average Bonchev–Trinajstić information content (AvgIpc) is 2.62. The van der Waals surface area contributed by atoms with E-state index >= 15 is 0 Å². The molecule has 1 rings (SSSR count). The first-order valence-electron chi connectivity index (χ1n) is 6.21. The van der Waals surface area contributed by atoms with Crippen molar-refractivity contribution in [3.05, 3.63) is 11.9 Å². The van der Waals surface area contributed by atoms with E-state index in [9.17, 15) is 0 Å². The predicted molar refractivity (Wildman–Crippen MR) is 69.6 cm³/mol. The van der Waals surface area contributed by atoms with E-state index in [0.29, 0.717) is 6.04 Å². The van der Waals surface area contributed by atoms with E-state index in [1.807, 2.05) is 13.2 Å². The summed E-state index contributed by atoms with van der Waals surface area (Å²) in [6.45, 7) is 6.30. The lowest BCUT2D eigenvalue weighted by Crippen LogP contribution is -2.38. The predicted octanol–water partition coefficient (Wildman–Crippen LogP) is 0.881. The Labute approximate surface area is 104 Å². The first kappa shape index (κ1) is 14.1. The highest BCUT2D eigenvalue weighted by Gasteiger charge is 2.12. The Morgan fingerprint density at radius 1 is 1.41 bits per heavy atom. The Hall–Kier alpha value is -0.940. The molecule has 0 aliphatic carbocycles. The molecule has 5 nitrogen and oxygen atoms in total. The van der Waals surface area contributed by atoms with Gasteiger partial charge in [0, 0.05) is 32.4 Å². The summed E-state index contributed by atoms with van der Waals surface area (Å²) in [5.41, 5.74) is 0.995. The first-order chi connectivity index (χ1) is 7.99. The van der Waals surface area contributed by atoms with Crippen molar-refractivity contribution in [2.75, 3.05) is 20.6 Å². The monoisotopic (exact) mass is 239 g/mol. The zero-order valence-electron chi connectivity index (χ0n) is 11.6. The molecular formula is C12H25N5. The molecule has 0 aromatic carbocycles. The number of aryl methyl sites for hydroxylation is 1. The van der Waals surface area contributed by atoms with Crippen LogP contribution >= 0.6 is 0 Å². The molecule has 0 aliphatic rings. The Bertz CT molecular complexity index is 318. The number of rotatable bonds is 7. The van der Waals surface area contributed by atoms with Crippen LogP contribution < -0.4 is 5.32 Å². The molecule has 0 saturated heterocycles. The number of hydrogen-bond donors (Lipinski definition) is 1. The van der Waals surface area contributed by atoms with Gasteiger partial charge in [-0.25, -0.2) is 0 Å². The molecule has 1 unspecified atom stereocenters. The van der Waals surface area contributed by atoms with Crippen LogP contribution in [0, 0.1) is 5.92 Å². The van der Waals surface area contributed by atoms with Crippen molar-refractivity contribution in [1.82, 2.24) is 25.2 Å². The van der Waals surface area contributed by atoms with Gasteiger partial charge in [-0.05, 0) is 26.4 Å². The van der Waals surface area contributed by atoms with E-state index in [1.54, 1.807) is 4.68 Å². The summed E-state index contributed by atoms with van der Waals surface area (Å²) in [6, 6.07) is 0.576. The molecule has 1 atom stereocenters. The SMILES string of the molecule is CC(C)CC(CNCc1cn(C)nn1)N(C)C. The molecular weight excluding hydrogens is 214 g/mol. The second kappa shape index (κ2) is 6.71. The van der Waals surface area contributed by atoms with Crippen LogP contribution in [0.2, 0.25) is 0 Å². The Morgan fingerprint density at radius 2 is 2.12 bits per heavy atom. The molecule has 5 heteroatoms. The summed E-state index contributed by atoms with van der Waals surface area (Å²) < 4.78 is 1.73.